The zero-order chi connectivity index (χ0) is 22.3. The summed E-state index contributed by atoms with van der Waals surface area (Å²) in [5.41, 5.74) is 3.88. The average Bonchev–Trinajstić information content (AvgIpc) is 3.62. The molecule has 0 bridgehead atoms. The molecule has 1 aliphatic carbocycles. The number of carbonyl (C=O) groups is 1. The smallest absolute Gasteiger partial charge is 0.275 e. The van der Waals surface area contributed by atoms with E-state index in [1.807, 2.05) is 36.4 Å². The molecular formula is C25H25N3O4. The Kier molecular flexibility index (Phi) is 4.89. The van der Waals surface area contributed by atoms with Crippen LogP contribution < -0.4 is 14.2 Å². The summed E-state index contributed by atoms with van der Waals surface area (Å²) in [5, 5.41) is 7.50. The van der Waals surface area contributed by atoms with E-state index in [9.17, 15) is 4.79 Å². The number of fused-ring (bicyclic) bond motifs is 1. The van der Waals surface area contributed by atoms with Gasteiger partial charge >= 0.3 is 0 Å². The first-order chi connectivity index (χ1) is 15.6. The Morgan fingerprint density at radius 3 is 2.28 bits per heavy atom. The SMILES string of the molecule is COc1cc(C2(c3ccccc3)C=Cc3c(C(=O)N4CC4)n[nH]c3C2)cc(OC)c1OC. The molecule has 2 heterocycles. The second-order valence-corrected chi connectivity index (χ2v) is 8.02. The van der Waals surface area contributed by atoms with Gasteiger partial charge < -0.3 is 19.1 Å². The van der Waals surface area contributed by atoms with E-state index in [1.165, 1.54) is 0 Å². The lowest BCUT2D eigenvalue weighted by Gasteiger charge is -2.35. The molecule has 0 radical (unpaired) electrons. The topological polar surface area (TPSA) is 76.5 Å². The first-order valence-corrected chi connectivity index (χ1v) is 10.5. The van der Waals surface area contributed by atoms with Crippen LogP contribution in [-0.2, 0) is 11.8 Å². The van der Waals surface area contributed by atoms with E-state index in [0.717, 1.165) is 35.5 Å². The molecule has 7 nitrogen and oxygen atoms in total. The van der Waals surface area contributed by atoms with Crippen molar-refractivity contribution in [3.63, 3.8) is 0 Å². The number of allylic oxidation sites excluding steroid dienone is 1. The van der Waals surface area contributed by atoms with Crippen molar-refractivity contribution in [2.24, 2.45) is 0 Å². The maximum absolute atomic E-state index is 12.6. The Balaban J connectivity index is 1.68. The Hall–Kier alpha value is -3.74. The molecule has 1 aliphatic heterocycles. The van der Waals surface area contributed by atoms with Crippen molar-refractivity contribution in [1.82, 2.24) is 15.1 Å². The van der Waals surface area contributed by atoms with Gasteiger partial charge in [0.2, 0.25) is 5.75 Å². The largest absolute Gasteiger partial charge is 0.493 e. The third-order valence-corrected chi connectivity index (χ3v) is 6.28. The van der Waals surface area contributed by atoms with Gasteiger partial charge in [0.05, 0.1) is 21.3 Å². The molecule has 7 heteroatoms. The van der Waals surface area contributed by atoms with Crippen molar-refractivity contribution >= 4 is 12.0 Å². The normalized spacial score (nSPS) is 18.8. The van der Waals surface area contributed by atoms with Crippen LogP contribution in [0.3, 0.4) is 0 Å². The van der Waals surface area contributed by atoms with Crippen molar-refractivity contribution < 1.29 is 19.0 Å². The minimum atomic E-state index is -0.506. The van der Waals surface area contributed by atoms with E-state index < -0.39 is 5.41 Å². The fraction of sp³-hybridized carbons (Fsp3) is 0.280. The molecule has 1 aromatic heterocycles. The van der Waals surface area contributed by atoms with Crippen molar-refractivity contribution in [2.75, 3.05) is 34.4 Å². The lowest BCUT2D eigenvalue weighted by molar-refractivity contribution is 0.0880. The summed E-state index contributed by atoms with van der Waals surface area (Å²) < 4.78 is 16.8. The lowest BCUT2D eigenvalue weighted by Crippen LogP contribution is -2.31. The van der Waals surface area contributed by atoms with Gasteiger partial charge in [-0.1, -0.05) is 42.5 Å². The Morgan fingerprint density at radius 2 is 1.69 bits per heavy atom. The van der Waals surface area contributed by atoms with Gasteiger partial charge in [-0.2, -0.15) is 5.10 Å². The fourth-order valence-corrected chi connectivity index (χ4v) is 4.47. The molecule has 1 saturated heterocycles. The summed E-state index contributed by atoms with van der Waals surface area (Å²) in [6, 6.07) is 14.3. The molecule has 1 unspecified atom stereocenters. The average molecular weight is 431 g/mol. The van der Waals surface area contributed by atoms with Crippen LogP contribution in [0.15, 0.2) is 48.5 Å². The van der Waals surface area contributed by atoms with Crippen molar-refractivity contribution in [1.29, 1.82) is 0 Å². The summed E-state index contributed by atoms with van der Waals surface area (Å²) in [5.74, 6) is 1.72. The van der Waals surface area contributed by atoms with Crippen molar-refractivity contribution in [3.05, 3.63) is 76.6 Å². The number of methoxy groups -OCH3 is 3. The van der Waals surface area contributed by atoms with Gasteiger partial charge in [0.1, 0.15) is 0 Å². The fourth-order valence-electron chi connectivity index (χ4n) is 4.47. The van der Waals surface area contributed by atoms with E-state index in [2.05, 4.69) is 28.4 Å². The van der Waals surface area contributed by atoms with Crippen LogP contribution in [0.2, 0.25) is 0 Å². The maximum atomic E-state index is 12.6. The third kappa shape index (κ3) is 3.12. The zero-order valence-electron chi connectivity index (χ0n) is 18.3. The molecule has 1 fully saturated rings. The van der Waals surface area contributed by atoms with Crippen LogP contribution in [-0.4, -0.2) is 55.4 Å². The number of aromatic nitrogens is 2. The molecule has 0 saturated carbocycles. The van der Waals surface area contributed by atoms with Crippen LogP contribution in [0.1, 0.15) is 32.9 Å². The second-order valence-electron chi connectivity index (χ2n) is 8.02. The molecule has 0 spiro atoms. The van der Waals surface area contributed by atoms with E-state index in [1.54, 1.807) is 26.2 Å². The molecule has 164 valence electrons. The first-order valence-electron chi connectivity index (χ1n) is 10.5. The number of nitrogens with zero attached hydrogens (tertiary/aromatic N) is 2. The number of hydrogen-bond acceptors (Lipinski definition) is 5. The predicted octanol–water partition coefficient (Wildman–Crippen LogP) is 3.45. The highest BCUT2D eigenvalue weighted by Gasteiger charge is 2.39. The molecule has 1 N–H and O–H groups in total. The summed E-state index contributed by atoms with van der Waals surface area (Å²) in [7, 11) is 4.83. The molecular weight excluding hydrogens is 406 g/mol. The van der Waals surface area contributed by atoms with Gasteiger partial charge in [-0.15, -0.1) is 0 Å². The number of rotatable bonds is 6. The quantitative estimate of drug-likeness (QED) is 0.605. The number of H-pyrrole nitrogens is 1. The summed E-state index contributed by atoms with van der Waals surface area (Å²) in [6.45, 7) is 1.59. The monoisotopic (exact) mass is 431 g/mol. The number of aromatic amines is 1. The van der Waals surface area contributed by atoms with E-state index in [4.69, 9.17) is 14.2 Å². The number of hydrogen-bond donors (Lipinski definition) is 1. The molecule has 2 aliphatic rings. The number of nitrogens with one attached hydrogen (secondary N) is 1. The standard InChI is InChI=1S/C25H25N3O4/c1-30-20-13-17(14-21(31-2)23(20)32-3)25(16-7-5-4-6-8-16)10-9-18-19(15-25)26-27-22(18)24(29)28-11-12-28/h4-10,13-14H,11-12,15H2,1-3H3,(H,26,27). The lowest BCUT2D eigenvalue weighted by atomic mass is 9.68. The van der Waals surface area contributed by atoms with Crippen molar-refractivity contribution in [3.8, 4) is 17.2 Å². The van der Waals surface area contributed by atoms with E-state index >= 15 is 0 Å². The number of benzene rings is 2. The number of ether oxygens (including phenoxy) is 3. The van der Waals surface area contributed by atoms with Gasteiger partial charge in [-0.3, -0.25) is 9.89 Å². The van der Waals surface area contributed by atoms with Gasteiger partial charge in [0, 0.05) is 36.2 Å². The minimum Gasteiger partial charge on any atom is -0.493 e. The highest BCUT2D eigenvalue weighted by atomic mass is 16.5. The maximum Gasteiger partial charge on any atom is 0.275 e. The predicted molar refractivity (Wildman–Crippen MR) is 121 cm³/mol. The molecule has 1 atom stereocenters. The molecule has 2 aromatic carbocycles. The highest BCUT2D eigenvalue weighted by Crippen LogP contribution is 2.47. The third-order valence-electron chi connectivity index (χ3n) is 6.28. The summed E-state index contributed by atoms with van der Waals surface area (Å²) in [4.78, 5) is 14.4. The van der Waals surface area contributed by atoms with Gasteiger partial charge in [0.15, 0.2) is 17.2 Å². The second kappa shape index (κ2) is 7.75. The van der Waals surface area contributed by atoms with Crippen molar-refractivity contribution in [2.45, 2.75) is 11.8 Å². The number of amides is 1. The van der Waals surface area contributed by atoms with Crippen LogP contribution in [0.5, 0.6) is 17.2 Å². The zero-order valence-corrected chi connectivity index (χ0v) is 18.3. The first kappa shape index (κ1) is 20.2. The van der Waals surface area contributed by atoms with Crippen LogP contribution in [0.4, 0.5) is 0 Å². The van der Waals surface area contributed by atoms with E-state index in [-0.39, 0.29) is 5.91 Å². The number of carbonyl (C=O) groups excluding carboxylic acids is 1. The minimum absolute atomic E-state index is 0.0212. The molecule has 32 heavy (non-hydrogen) atoms. The Morgan fingerprint density at radius 1 is 1.00 bits per heavy atom. The van der Waals surface area contributed by atoms with Gasteiger partial charge in [-0.25, -0.2) is 0 Å². The Bertz CT molecular complexity index is 1170. The van der Waals surface area contributed by atoms with Gasteiger partial charge in [-0.05, 0) is 23.3 Å². The summed E-state index contributed by atoms with van der Waals surface area (Å²) in [6.07, 6.45) is 4.77. The molecule has 5 rings (SSSR count). The molecule has 1 amide bonds. The molecule has 3 aromatic rings. The highest BCUT2D eigenvalue weighted by molar-refractivity contribution is 5.97. The van der Waals surface area contributed by atoms with Crippen LogP contribution in [0, 0.1) is 0 Å². The Labute approximate surface area is 186 Å². The summed E-state index contributed by atoms with van der Waals surface area (Å²) >= 11 is 0. The van der Waals surface area contributed by atoms with Gasteiger partial charge in [0.25, 0.3) is 5.91 Å². The van der Waals surface area contributed by atoms with E-state index in [0.29, 0.717) is 29.4 Å². The van der Waals surface area contributed by atoms with Crippen LogP contribution >= 0.6 is 0 Å². The van der Waals surface area contributed by atoms with Crippen LogP contribution in [0.25, 0.3) is 6.08 Å².